The topological polar surface area (TPSA) is 92.5 Å². The van der Waals surface area contributed by atoms with Gasteiger partial charge in [-0.05, 0) is 6.42 Å². The number of aromatic nitrogens is 1. The van der Waals surface area contributed by atoms with Crippen LogP contribution >= 0.6 is 0 Å². The monoisotopic (exact) mass is 315 g/mol. The van der Waals surface area contributed by atoms with Crippen molar-refractivity contribution in [3.05, 3.63) is 11.8 Å². The van der Waals surface area contributed by atoms with E-state index in [4.69, 9.17) is 4.52 Å². The second-order valence-electron chi connectivity index (χ2n) is 6.42. The van der Waals surface area contributed by atoms with Crippen molar-refractivity contribution < 1.29 is 17.7 Å². The Kier molecular flexibility index (Phi) is 4.01. The van der Waals surface area contributed by atoms with Gasteiger partial charge in [-0.3, -0.25) is 5.32 Å². The molecular formula is C13H21N3O4S. The van der Waals surface area contributed by atoms with E-state index in [0.717, 1.165) is 0 Å². The summed E-state index contributed by atoms with van der Waals surface area (Å²) in [4.78, 5) is 13.5. The van der Waals surface area contributed by atoms with Crippen LogP contribution in [0.2, 0.25) is 0 Å². The van der Waals surface area contributed by atoms with Gasteiger partial charge in [-0.15, -0.1) is 0 Å². The number of nitrogens with zero attached hydrogens (tertiary/aromatic N) is 2. The van der Waals surface area contributed by atoms with E-state index in [9.17, 15) is 13.2 Å². The highest BCUT2D eigenvalue weighted by Crippen LogP contribution is 2.24. The number of anilines is 1. The van der Waals surface area contributed by atoms with Gasteiger partial charge in [0.1, 0.15) is 5.76 Å². The summed E-state index contributed by atoms with van der Waals surface area (Å²) in [6.45, 7) is 5.94. The average molecular weight is 315 g/mol. The molecule has 0 radical (unpaired) electrons. The lowest BCUT2D eigenvalue weighted by Gasteiger charge is -2.22. The molecule has 0 aliphatic carbocycles. The summed E-state index contributed by atoms with van der Waals surface area (Å²) in [5.41, 5.74) is -0.193. The quantitative estimate of drug-likeness (QED) is 0.895. The van der Waals surface area contributed by atoms with Gasteiger partial charge in [0.15, 0.2) is 15.7 Å². The van der Waals surface area contributed by atoms with E-state index >= 15 is 0 Å². The van der Waals surface area contributed by atoms with Crippen LogP contribution in [0.15, 0.2) is 10.6 Å². The molecule has 1 N–H and O–H groups in total. The molecule has 0 saturated carbocycles. The zero-order chi connectivity index (χ0) is 15.8. The van der Waals surface area contributed by atoms with Gasteiger partial charge in [-0.2, -0.15) is 0 Å². The number of rotatable bonds is 2. The second-order valence-corrected chi connectivity index (χ2v) is 8.65. The first kappa shape index (κ1) is 15.8. The maximum atomic E-state index is 12.1. The number of hydrogen-bond acceptors (Lipinski definition) is 5. The van der Waals surface area contributed by atoms with Gasteiger partial charge in [0.05, 0.1) is 11.5 Å². The van der Waals surface area contributed by atoms with Gasteiger partial charge in [0.25, 0.3) is 0 Å². The van der Waals surface area contributed by atoms with Crippen LogP contribution < -0.4 is 5.32 Å². The third-order valence-electron chi connectivity index (χ3n) is 3.56. The zero-order valence-corrected chi connectivity index (χ0v) is 13.5. The maximum absolute atomic E-state index is 12.1. The Balaban J connectivity index is 2.00. The number of hydrogen-bond donors (Lipinski definition) is 1. The molecule has 1 atom stereocenters. The van der Waals surface area contributed by atoms with E-state index in [1.165, 1.54) is 4.90 Å². The number of carbonyl (C=O) groups is 1. The van der Waals surface area contributed by atoms with Gasteiger partial charge >= 0.3 is 6.03 Å². The van der Waals surface area contributed by atoms with Crippen molar-refractivity contribution >= 4 is 21.7 Å². The smallest absolute Gasteiger partial charge is 0.323 e. The van der Waals surface area contributed by atoms with Crippen LogP contribution in [0.1, 0.15) is 33.0 Å². The third-order valence-corrected chi connectivity index (χ3v) is 5.31. The molecule has 1 aliphatic heterocycles. The molecule has 1 unspecified atom stereocenters. The molecule has 2 amide bonds. The first-order valence-corrected chi connectivity index (χ1v) is 8.62. The molecule has 2 heterocycles. The molecule has 118 valence electrons. The van der Waals surface area contributed by atoms with E-state index in [1.54, 1.807) is 13.1 Å². The van der Waals surface area contributed by atoms with E-state index in [1.807, 2.05) is 20.8 Å². The van der Waals surface area contributed by atoms with Crippen LogP contribution in [0, 0.1) is 0 Å². The molecule has 0 bridgehead atoms. The molecule has 1 fully saturated rings. The molecule has 2 rings (SSSR count). The fourth-order valence-corrected chi connectivity index (χ4v) is 3.91. The highest BCUT2D eigenvalue weighted by Gasteiger charge is 2.33. The second kappa shape index (κ2) is 5.32. The molecule has 1 aliphatic rings. The zero-order valence-electron chi connectivity index (χ0n) is 12.7. The van der Waals surface area contributed by atoms with Crippen LogP contribution in [-0.2, 0) is 15.3 Å². The normalized spacial score (nSPS) is 21.2. The van der Waals surface area contributed by atoms with Crippen LogP contribution in [0.4, 0.5) is 10.6 Å². The third kappa shape index (κ3) is 3.75. The molecule has 1 saturated heterocycles. The Morgan fingerprint density at radius 3 is 2.62 bits per heavy atom. The fraction of sp³-hybridized carbons (Fsp3) is 0.692. The first-order valence-electron chi connectivity index (χ1n) is 6.80. The molecule has 1 aromatic heterocycles. The lowest BCUT2D eigenvalue weighted by Crippen LogP contribution is -2.40. The Morgan fingerprint density at radius 2 is 2.14 bits per heavy atom. The lowest BCUT2D eigenvalue weighted by atomic mass is 9.93. The molecule has 7 nitrogen and oxygen atoms in total. The van der Waals surface area contributed by atoms with Gasteiger partial charge in [-0.1, -0.05) is 25.9 Å². The largest absolute Gasteiger partial charge is 0.359 e. The highest BCUT2D eigenvalue weighted by atomic mass is 32.2. The van der Waals surface area contributed by atoms with Gasteiger partial charge in [0, 0.05) is 24.6 Å². The van der Waals surface area contributed by atoms with E-state index in [0.29, 0.717) is 18.0 Å². The molecule has 0 aromatic carbocycles. The Bertz CT molecular complexity index is 630. The average Bonchev–Trinajstić information content (AvgIpc) is 2.94. The highest BCUT2D eigenvalue weighted by molar-refractivity contribution is 7.91. The Morgan fingerprint density at radius 1 is 1.48 bits per heavy atom. The van der Waals surface area contributed by atoms with Crippen molar-refractivity contribution in [2.45, 2.75) is 38.6 Å². The van der Waals surface area contributed by atoms with Gasteiger partial charge in [0.2, 0.25) is 0 Å². The Labute approximate surface area is 124 Å². The van der Waals surface area contributed by atoms with Crippen LogP contribution in [-0.4, -0.2) is 49.1 Å². The minimum Gasteiger partial charge on any atom is -0.359 e. The molecular weight excluding hydrogens is 294 g/mol. The van der Waals surface area contributed by atoms with Crippen molar-refractivity contribution in [2.24, 2.45) is 0 Å². The number of nitrogens with one attached hydrogen (secondary N) is 1. The summed E-state index contributed by atoms with van der Waals surface area (Å²) < 4.78 is 28.1. The van der Waals surface area contributed by atoms with Crippen molar-refractivity contribution in [3.8, 4) is 0 Å². The maximum Gasteiger partial charge on any atom is 0.323 e. The van der Waals surface area contributed by atoms with Crippen molar-refractivity contribution in [1.29, 1.82) is 0 Å². The van der Waals surface area contributed by atoms with Crippen molar-refractivity contribution in [2.75, 3.05) is 23.9 Å². The minimum atomic E-state index is -3.02. The number of carbonyl (C=O) groups excluding carboxylic acids is 1. The summed E-state index contributed by atoms with van der Waals surface area (Å²) in [5, 5.41) is 6.43. The summed E-state index contributed by atoms with van der Waals surface area (Å²) in [7, 11) is -1.43. The molecule has 1 aromatic rings. The summed E-state index contributed by atoms with van der Waals surface area (Å²) >= 11 is 0. The predicted molar refractivity (Wildman–Crippen MR) is 79.0 cm³/mol. The summed E-state index contributed by atoms with van der Waals surface area (Å²) in [6.07, 6.45) is 0.471. The van der Waals surface area contributed by atoms with Gasteiger partial charge in [-0.25, -0.2) is 13.2 Å². The minimum absolute atomic E-state index is 0.0168. The van der Waals surface area contributed by atoms with Crippen LogP contribution in [0.5, 0.6) is 0 Å². The number of urea groups is 1. The van der Waals surface area contributed by atoms with E-state index in [2.05, 4.69) is 10.5 Å². The van der Waals surface area contributed by atoms with Crippen molar-refractivity contribution in [3.63, 3.8) is 0 Å². The van der Waals surface area contributed by atoms with E-state index in [-0.39, 0.29) is 29.0 Å². The summed E-state index contributed by atoms with van der Waals surface area (Å²) in [5.74, 6) is 1.15. The SMILES string of the molecule is CN(C(=O)Nc1cc(C(C)(C)C)on1)C1CCS(=O)(=O)C1. The van der Waals surface area contributed by atoms with Crippen LogP contribution in [0.3, 0.4) is 0 Å². The fourth-order valence-electron chi connectivity index (χ4n) is 2.13. The standard InChI is InChI=1S/C13H21N3O4S/c1-13(2,3)10-7-11(15-20-10)14-12(17)16(4)9-5-6-21(18,19)8-9/h7,9H,5-6,8H2,1-4H3,(H,14,15,17). The van der Waals surface area contributed by atoms with E-state index < -0.39 is 9.84 Å². The number of amides is 2. The lowest BCUT2D eigenvalue weighted by molar-refractivity contribution is 0.208. The molecule has 21 heavy (non-hydrogen) atoms. The molecule has 0 spiro atoms. The van der Waals surface area contributed by atoms with Crippen molar-refractivity contribution in [1.82, 2.24) is 10.1 Å². The molecule has 8 heteroatoms. The van der Waals surface area contributed by atoms with Crippen LogP contribution in [0.25, 0.3) is 0 Å². The predicted octanol–water partition coefficient (Wildman–Crippen LogP) is 1.62. The summed E-state index contributed by atoms with van der Waals surface area (Å²) in [6, 6.07) is 1.01. The first-order chi connectivity index (χ1) is 9.58. The Hall–Kier alpha value is -1.57. The van der Waals surface area contributed by atoms with Gasteiger partial charge < -0.3 is 9.42 Å². The number of sulfone groups is 1.